The molecule has 0 saturated carbocycles. The highest BCUT2D eigenvalue weighted by molar-refractivity contribution is 7.91. The molecule has 1 fully saturated rings. The molecule has 0 radical (unpaired) electrons. The van der Waals surface area contributed by atoms with Crippen LogP contribution in [0.4, 0.5) is 0 Å². The van der Waals surface area contributed by atoms with Crippen molar-refractivity contribution in [3.63, 3.8) is 0 Å². The van der Waals surface area contributed by atoms with Gasteiger partial charge in [-0.1, -0.05) is 30.3 Å². The van der Waals surface area contributed by atoms with Gasteiger partial charge in [0.15, 0.2) is 9.84 Å². The summed E-state index contributed by atoms with van der Waals surface area (Å²) in [5.74, 6) is 0.0724. The highest BCUT2D eigenvalue weighted by atomic mass is 32.2. The molecule has 1 saturated heterocycles. The molecule has 6 heteroatoms. The van der Waals surface area contributed by atoms with Gasteiger partial charge >= 0.3 is 0 Å². The number of nitrogens with two attached hydrogens (primary N) is 1. The maximum Gasteiger partial charge on any atom is 0.239 e. The predicted molar refractivity (Wildman–Crippen MR) is 82.6 cm³/mol. The van der Waals surface area contributed by atoms with Crippen LogP contribution in [0.15, 0.2) is 30.3 Å². The molecule has 0 bridgehead atoms. The van der Waals surface area contributed by atoms with Crippen molar-refractivity contribution in [1.82, 2.24) is 4.90 Å². The van der Waals surface area contributed by atoms with Crippen LogP contribution in [0.1, 0.15) is 18.4 Å². The number of amides is 1. The standard InChI is InChI=1S/C15H22N2O3S/c16-14(8-7-13-5-2-1-3-6-13)15(18)17-9-4-11-21(19,20)12-10-17/h1-3,5-6,14H,4,7-12,16H2. The van der Waals surface area contributed by atoms with Crippen molar-refractivity contribution < 1.29 is 13.2 Å². The number of benzene rings is 1. The van der Waals surface area contributed by atoms with E-state index in [-0.39, 0.29) is 24.0 Å². The van der Waals surface area contributed by atoms with E-state index in [9.17, 15) is 13.2 Å². The number of nitrogens with zero attached hydrogens (tertiary/aromatic N) is 1. The lowest BCUT2D eigenvalue weighted by Gasteiger charge is -2.23. The van der Waals surface area contributed by atoms with E-state index in [0.29, 0.717) is 19.4 Å². The zero-order valence-electron chi connectivity index (χ0n) is 12.1. The summed E-state index contributed by atoms with van der Waals surface area (Å²) in [6, 6.07) is 9.33. The molecule has 0 aromatic heterocycles. The Morgan fingerprint density at radius 2 is 1.90 bits per heavy atom. The fourth-order valence-corrected chi connectivity index (χ4v) is 3.76. The molecule has 1 amide bonds. The molecule has 1 aromatic carbocycles. The van der Waals surface area contributed by atoms with Crippen molar-refractivity contribution in [3.8, 4) is 0 Å². The molecule has 1 unspecified atom stereocenters. The lowest BCUT2D eigenvalue weighted by Crippen LogP contribution is -2.45. The summed E-state index contributed by atoms with van der Waals surface area (Å²) in [7, 11) is -3.00. The zero-order valence-corrected chi connectivity index (χ0v) is 12.9. The maximum atomic E-state index is 12.3. The second kappa shape index (κ2) is 7.04. The number of sulfone groups is 1. The van der Waals surface area contributed by atoms with E-state index in [1.54, 1.807) is 4.90 Å². The third kappa shape index (κ3) is 4.82. The Morgan fingerprint density at radius 3 is 2.62 bits per heavy atom. The van der Waals surface area contributed by atoms with Crippen molar-refractivity contribution in [1.29, 1.82) is 0 Å². The van der Waals surface area contributed by atoms with Gasteiger partial charge in [0.05, 0.1) is 17.5 Å². The Bertz CT molecular complexity index is 572. The average molecular weight is 310 g/mol. The molecule has 2 rings (SSSR count). The normalized spacial score (nSPS) is 19.8. The minimum absolute atomic E-state index is 0.0458. The van der Waals surface area contributed by atoms with Gasteiger partial charge in [-0.3, -0.25) is 4.79 Å². The van der Waals surface area contributed by atoms with Gasteiger partial charge in [-0.25, -0.2) is 8.42 Å². The van der Waals surface area contributed by atoms with Crippen LogP contribution < -0.4 is 5.73 Å². The Balaban J connectivity index is 1.87. The molecule has 116 valence electrons. The van der Waals surface area contributed by atoms with E-state index >= 15 is 0 Å². The Labute approximate surface area is 126 Å². The SMILES string of the molecule is NC(CCc1ccccc1)C(=O)N1CCCS(=O)(=O)CC1. The van der Waals surface area contributed by atoms with E-state index in [2.05, 4.69) is 0 Å². The third-order valence-electron chi connectivity index (χ3n) is 3.77. The largest absolute Gasteiger partial charge is 0.340 e. The average Bonchev–Trinajstić information content (AvgIpc) is 2.66. The molecule has 1 aliphatic rings. The first-order valence-corrected chi connectivity index (χ1v) is 9.09. The molecule has 1 aromatic rings. The van der Waals surface area contributed by atoms with Gasteiger partial charge < -0.3 is 10.6 Å². The minimum Gasteiger partial charge on any atom is -0.340 e. The van der Waals surface area contributed by atoms with E-state index in [1.165, 1.54) is 0 Å². The maximum absolute atomic E-state index is 12.3. The number of carbonyl (C=O) groups is 1. The van der Waals surface area contributed by atoms with Gasteiger partial charge in [0.25, 0.3) is 0 Å². The first-order chi connectivity index (χ1) is 9.98. The van der Waals surface area contributed by atoms with Crippen molar-refractivity contribution >= 4 is 15.7 Å². The lowest BCUT2D eigenvalue weighted by molar-refractivity contribution is -0.132. The third-order valence-corrected chi connectivity index (χ3v) is 5.49. The molecule has 2 N–H and O–H groups in total. The molecule has 0 spiro atoms. The highest BCUT2D eigenvalue weighted by Gasteiger charge is 2.25. The van der Waals surface area contributed by atoms with Crippen LogP contribution in [0.25, 0.3) is 0 Å². The van der Waals surface area contributed by atoms with Crippen LogP contribution >= 0.6 is 0 Å². The monoisotopic (exact) mass is 310 g/mol. The summed E-state index contributed by atoms with van der Waals surface area (Å²) in [5.41, 5.74) is 7.13. The molecule has 21 heavy (non-hydrogen) atoms. The van der Waals surface area contributed by atoms with Crippen LogP contribution in [-0.4, -0.2) is 49.9 Å². The molecule has 1 atom stereocenters. The lowest BCUT2D eigenvalue weighted by atomic mass is 10.0. The summed E-state index contributed by atoms with van der Waals surface area (Å²) in [6.45, 7) is 0.747. The van der Waals surface area contributed by atoms with Gasteiger partial charge in [0.2, 0.25) is 5.91 Å². The summed E-state index contributed by atoms with van der Waals surface area (Å²) in [4.78, 5) is 13.9. The highest BCUT2D eigenvalue weighted by Crippen LogP contribution is 2.09. The Hall–Kier alpha value is -1.40. The van der Waals surface area contributed by atoms with Crippen LogP contribution in [0.5, 0.6) is 0 Å². The molecular weight excluding hydrogens is 288 g/mol. The first-order valence-electron chi connectivity index (χ1n) is 7.27. The fourth-order valence-electron chi connectivity index (χ4n) is 2.48. The van der Waals surface area contributed by atoms with Gasteiger partial charge in [-0.15, -0.1) is 0 Å². The summed E-state index contributed by atoms with van der Waals surface area (Å²) in [5, 5.41) is 0. The molecular formula is C15H22N2O3S. The number of hydrogen-bond donors (Lipinski definition) is 1. The Kier molecular flexibility index (Phi) is 5.36. The minimum atomic E-state index is -3.00. The van der Waals surface area contributed by atoms with Crippen LogP contribution in [-0.2, 0) is 21.1 Å². The van der Waals surface area contributed by atoms with Crippen molar-refractivity contribution in [2.24, 2.45) is 5.73 Å². The van der Waals surface area contributed by atoms with Crippen molar-refractivity contribution in [2.45, 2.75) is 25.3 Å². The zero-order chi connectivity index (χ0) is 15.3. The fraction of sp³-hybridized carbons (Fsp3) is 0.533. The van der Waals surface area contributed by atoms with Crippen LogP contribution in [0.2, 0.25) is 0 Å². The summed E-state index contributed by atoms with van der Waals surface area (Å²) >= 11 is 0. The quantitative estimate of drug-likeness (QED) is 0.883. The smallest absolute Gasteiger partial charge is 0.239 e. The van der Waals surface area contributed by atoms with Gasteiger partial charge in [0.1, 0.15) is 0 Å². The number of rotatable bonds is 4. The first kappa shape index (κ1) is 16.0. The van der Waals surface area contributed by atoms with E-state index in [0.717, 1.165) is 12.0 Å². The topological polar surface area (TPSA) is 80.5 Å². The van der Waals surface area contributed by atoms with E-state index < -0.39 is 15.9 Å². The van der Waals surface area contributed by atoms with Crippen LogP contribution in [0.3, 0.4) is 0 Å². The molecule has 0 aliphatic carbocycles. The second-order valence-corrected chi connectivity index (χ2v) is 7.77. The molecule has 1 heterocycles. The number of aryl methyl sites for hydroxylation is 1. The summed E-state index contributed by atoms with van der Waals surface area (Å²) in [6.07, 6.45) is 1.82. The van der Waals surface area contributed by atoms with Crippen molar-refractivity contribution in [2.75, 3.05) is 24.6 Å². The van der Waals surface area contributed by atoms with Crippen molar-refractivity contribution in [3.05, 3.63) is 35.9 Å². The second-order valence-electron chi connectivity index (χ2n) is 5.46. The number of hydrogen-bond acceptors (Lipinski definition) is 4. The van der Waals surface area contributed by atoms with E-state index in [4.69, 9.17) is 5.73 Å². The number of carbonyl (C=O) groups excluding carboxylic acids is 1. The van der Waals surface area contributed by atoms with Gasteiger partial charge in [-0.05, 0) is 24.8 Å². The summed E-state index contributed by atoms with van der Waals surface area (Å²) < 4.78 is 23.1. The predicted octanol–water partition coefficient (Wildman–Crippen LogP) is 0.594. The molecule has 5 nitrogen and oxygen atoms in total. The van der Waals surface area contributed by atoms with E-state index in [1.807, 2.05) is 30.3 Å². The van der Waals surface area contributed by atoms with Gasteiger partial charge in [0, 0.05) is 13.1 Å². The molecule has 1 aliphatic heterocycles. The van der Waals surface area contributed by atoms with Crippen LogP contribution in [0, 0.1) is 0 Å². The Morgan fingerprint density at radius 1 is 1.19 bits per heavy atom. The van der Waals surface area contributed by atoms with Gasteiger partial charge in [-0.2, -0.15) is 0 Å².